The number of aromatic nitrogens is 3. The molecule has 0 aliphatic heterocycles. The summed E-state index contributed by atoms with van der Waals surface area (Å²) in [7, 11) is 0. The first-order valence-electron chi connectivity index (χ1n) is 5.72. The van der Waals surface area contributed by atoms with Crippen LogP contribution >= 0.6 is 22.9 Å². The van der Waals surface area contributed by atoms with Crippen molar-refractivity contribution in [1.82, 2.24) is 15.0 Å². The maximum absolute atomic E-state index is 5.79. The average molecular weight is 288 g/mol. The van der Waals surface area contributed by atoms with Gasteiger partial charge in [0.25, 0.3) is 0 Å². The van der Waals surface area contributed by atoms with Gasteiger partial charge in [0.05, 0.1) is 10.7 Å². The van der Waals surface area contributed by atoms with Gasteiger partial charge in [0.1, 0.15) is 5.15 Å². The molecular formula is C14H10ClN3S. The Balaban J connectivity index is 2.02. The number of rotatable bonds is 2. The van der Waals surface area contributed by atoms with E-state index < -0.39 is 0 Å². The molecule has 0 aromatic carbocycles. The highest BCUT2D eigenvalue weighted by atomic mass is 35.5. The molecule has 3 aromatic rings. The molecule has 0 amide bonds. The van der Waals surface area contributed by atoms with Crippen LogP contribution in [0.1, 0.15) is 5.01 Å². The molecular weight excluding hydrogens is 278 g/mol. The normalized spacial score (nSPS) is 10.6. The molecule has 94 valence electrons. The van der Waals surface area contributed by atoms with E-state index in [1.807, 2.05) is 30.8 Å². The van der Waals surface area contributed by atoms with Crippen molar-refractivity contribution in [2.75, 3.05) is 0 Å². The number of aryl methyl sites for hydroxylation is 1. The van der Waals surface area contributed by atoms with Crippen LogP contribution in [0.15, 0.2) is 42.2 Å². The zero-order valence-corrected chi connectivity index (χ0v) is 11.7. The molecule has 3 rings (SSSR count). The van der Waals surface area contributed by atoms with Crippen LogP contribution in [0.25, 0.3) is 22.4 Å². The Morgan fingerprint density at radius 1 is 1.05 bits per heavy atom. The minimum absolute atomic E-state index is 0.489. The molecule has 19 heavy (non-hydrogen) atoms. The number of nitrogens with zero attached hydrogens (tertiary/aromatic N) is 3. The van der Waals surface area contributed by atoms with Gasteiger partial charge in [0.2, 0.25) is 0 Å². The highest BCUT2D eigenvalue weighted by molar-refractivity contribution is 7.09. The van der Waals surface area contributed by atoms with Gasteiger partial charge in [0.15, 0.2) is 0 Å². The summed E-state index contributed by atoms with van der Waals surface area (Å²) >= 11 is 7.43. The van der Waals surface area contributed by atoms with E-state index in [0.717, 1.165) is 27.4 Å². The SMILES string of the molecule is Cc1nc(-c2cncc(-c3ccc(Cl)nc3)c2)cs1. The van der Waals surface area contributed by atoms with Gasteiger partial charge in [-0.25, -0.2) is 9.97 Å². The van der Waals surface area contributed by atoms with Crippen LogP contribution in [-0.2, 0) is 0 Å². The number of halogens is 1. The number of hydrogen-bond acceptors (Lipinski definition) is 4. The van der Waals surface area contributed by atoms with Gasteiger partial charge in [-0.1, -0.05) is 11.6 Å². The molecule has 0 aliphatic rings. The average Bonchev–Trinajstić information content (AvgIpc) is 2.86. The first kappa shape index (κ1) is 12.3. The molecule has 5 heteroatoms. The first-order valence-corrected chi connectivity index (χ1v) is 6.97. The predicted octanol–water partition coefficient (Wildman–Crippen LogP) is 4.23. The molecule has 0 saturated carbocycles. The molecule has 0 bridgehead atoms. The van der Waals surface area contributed by atoms with Crippen LogP contribution in [0.3, 0.4) is 0 Å². The van der Waals surface area contributed by atoms with Crippen molar-refractivity contribution in [1.29, 1.82) is 0 Å². The van der Waals surface area contributed by atoms with Crippen molar-refractivity contribution in [2.24, 2.45) is 0 Å². The van der Waals surface area contributed by atoms with Crippen LogP contribution in [-0.4, -0.2) is 15.0 Å². The van der Waals surface area contributed by atoms with E-state index in [1.54, 1.807) is 23.6 Å². The third-order valence-electron chi connectivity index (χ3n) is 2.71. The summed E-state index contributed by atoms with van der Waals surface area (Å²) in [6.45, 7) is 1.99. The van der Waals surface area contributed by atoms with E-state index in [4.69, 9.17) is 11.6 Å². The van der Waals surface area contributed by atoms with Crippen LogP contribution in [0.2, 0.25) is 5.15 Å². The zero-order valence-electron chi connectivity index (χ0n) is 10.2. The quantitative estimate of drug-likeness (QED) is 0.662. The predicted molar refractivity (Wildman–Crippen MR) is 78.3 cm³/mol. The zero-order chi connectivity index (χ0) is 13.2. The van der Waals surface area contributed by atoms with Gasteiger partial charge in [0, 0.05) is 40.7 Å². The minimum atomic E-state index is 0.489. The molecule has 3 aromatic heterocycles. The van der Waals surface area contributed by atoms with E-state index >= 15 is 0 Å². The van der Waals surface area contributed by atoms with Crippen LogP contribution in [0, 0.1) is 6.92 Å². The smallest absolute Gasteiger partial charge is 0.129 e. The maximum atomic E-state index is 5.79. The van der Waals surface area contributed by atoms with Crippen molar-refractivity contribution < 1.29 is 0 Å². The standard InChI is InChI=1S/C14H10ClN3S/c1-9-18-13(8-19-9)12-4-11(5-16-6-12)10-2-3-14(15)17-7-10/h2-8H,1H3. The van der Waals surface area contributed by atoms with E-state index in [9.17, 15) is 0 Å². The maximum Gasteiger partial charge on any atom is 0.129 e. The Bertz CT molecular complexity index is 707. The lowest BCUT2D eigenvalue weighted by Crippen LogP contribution is -1.85. The minimum Gasteiger partial charge on any atom is -0.263 e. The van der Waals surface area contributed by atoms with Gasteiger partial charge in [-0.3, -0.25) is 4.98 Å². The fraction of sp³-hybridized carbons (Fsp3) is 0.0714. The summed E-state index contributed by atoms with van der Waals surface area (Å²) < 4.78 is 0. The molecule has 0 atom stereocenters. The van der Waals surface area contributed by atoms with E-state index in [2.05, 4.69) is 21.0 Å². The van der Waals surface area contributed by atoms with Gasteiger partial charge < -0.3 is 0 Å². The van der Waals surface area contributed by atoms with E-state index in [1.165, 1.54) is 0 Å². The fourth-order valence-corrected chi connectivity index (χ4v) is 2.51. The van der Waals surface area contributed by atoms with Crippen molar-refractivity contribution in [3.05, 3.63) is 52.3 Å². The topological polar surface area (TPSA) is 38.7 Å². The summed E-state index contributed by atoms with van der Waals surface area (Å²) in [5.74, 6) is 0. The van der Waals surface area contributed by atoms with Gasteiger partial charge in [-0.2, -0.15) is 0 Å². The molecule has 3 heterocycles. The largest absolute Gasteiger partial charge is 0.263 e. The second-order valence-corrected chi connectivity index (χ2v) is 5.53. The highest BCUT2D eigenvalue weighted by Crippen LogP contribution is 2.26. The summed E-state index contributed by atoms with van der Waals surface area (Å²) in [6.07, 6.45) is 5.38. The molecule has 0 unspecified atom stereocenters. The van der Waals surface area contributed by atoms with Gasteiger partial charge >= 0.3 is 0 Å². The summed E-state index contributed by atoms with van der Waals surface area (Å²) in [5.41, 5.74) is 3.97. The lowest BCUT2D eigenvalue weighted by Gasteiger charge is -2.03. The Hall–Kier alpha value is -1.78. The molecule has 0 saturated heterocycles. The lowest BCUT2D eigenvalue weighted by atomic mass is 10.1. The second-order valence-electron chi connectivity index (χ2n) is 4.08. The van der Waals surface area contributed by atoms with Crippen molar-refractivity contribution in [2.45, 2.75) is 6.92 Å². The highest BCUT2D eigenvalue weighted by Gasteiger charge is 2.05. The van der Waals surface area contributed by atoms with Crippen LogP contribution in [0.4, 0.5) is 0 Å². The molecule has 3 nitrogen and oxygen atoms in total. The Labute approximate surface area is 120 Å². The fourth-order valence-electron chi connectivity index (χ4n) is 1.78. The first-order chi connectivity index (χ1) is 9.22. The second kappa shape index (κ2) is 5.07. The van der Waals surface area contributed by atoms with Gasteiger partial charge in [-0.05, 0) is 25.1 Å². The van der Waals surface area contributed by atoms with Crippen molar-refractivity contribution >= 4 is 22.9 Å². The lowest BCUT2D eigenvalue weighted by molar-refractivity contribution is 1.26. The Kier molecular flexibility index (Phi) is 3.27. The third kappa shape index (κ3) is 2.64. The molecule has 0 spiro atoms. The molecule has 0 N–H and O–H groups in total. The third-order valence-corrected chi connectivity index (χ3v) is 3.71. The summed E-state index contributed by atoms with van der Waals surface area (Å²) in [5, 5.41) is 3.58. The van der Waals surface area contributed by atoms with Crippen molar-refractivity contribution in [3.8, 4) is 22.4 Å². The molecule has 0 radical (unpaired) electrons. The van der Waals surface area contributed by atoms with Gasteiger partial charge in [-0.15, -0.1) is 11.3 Å². The summed E-state index contributed by atoms with van der Waals surface area (Å²) in [6, 6.07) is 5.77. The Morgan fingerprint density at radius 3 is 2.58 bits per heavy atom. The molecule has 0 fully saturated rings. The number of hydrogen-bond donors (Lipinski definition) is 0. The van der Waals surface area contributed by atoms with Crippen molar-refractivity contribution in [3.63, 3.8) is 0 Å². The monoisotopic (exact) mass is 287 g/mol. The van der Waals surface area contributed by atoms with E-state index in [-0.39, 0.29) is 0 Å². The van der Waals surface area contributed by atoms with Crippen LogP contribution < -0.4 is 0 Å². The number of pyridine rings is 2. The number of thiazole rings is 1. The molecule has 0 aliphatic carbocycles. The van der Waals surface area contributed by atoms with Crippen LogP contribution in [0.5, 0.6) is 0 Å². The summed E-state index contributed by atoms with van der Waals surface area (Å²) in [4.78, 5) is 12.8. The Morgan fingerprint density at radius 2 is 1.89 bits per heavy atom. The van der Waals surface area contributed by atoms with E-state index in [0.29, 0.717) is 5.15 Å².